The first-order valence-electron chi connectivity index (χ1n) is 6.33. The first kappa shape index (κ1) is 13.5. The molecule has 1 aliphatic heterocycles. The van der Waals surface area contributed by atoms with E-state index in [9.17, 15) is 9.18 Å². The summed E-state index contributed by atoms with van der Waals surface area (Å²) in [6.45, 7) is 3.96. The van der Waals surface area contributed by atoms with Gasteiger partial charge in [-0.05, 0) is 37.1 Å². The fourth-order valence-electron chi connectivity index (χ4n) is 2.50. The molecule has 0 amide bonds. The average molecular weight is 264 g/mol. The van der Waals surface area contributed by atoms with Crippen molar-refractivity contribution >= 4 is 17.5 Å². The standard InChI is InChI=1S/C14H17FN2O2/c1-3-14(8-12(18)19-4-2)10-7-9(15)5-6-11(10)17-13(14)16/h5-7H,3-4,8H2,1-2H3,(H2,16,17). The van der Waals surface area contributed by atoms with Crippen molar-refractivity contribution in [2.75, 3.05) is 6.61 Å². The molecule has 1 heterocycles. The number of carbonyl (C=O) groups is 1. The number of esters is 1. The zero-order valence-electron chi connectivity index (χ0n) is 11.1. The van der Waals surface area contributed by atoms with E-state index in [1.165, 1.54) is 12.1 Å². The summed E-state index contributed by atoms with van der Waals surface area (Å²) in [7, 11) is 0. The maximum Gasteiger partial charge on any atom is 0.307 e. The number of rotatable bonds is 4. The van der Waals surface area contributed by atoms with Gasteiger partial charge in [-0.15, -0.1) is 0 Å². The minimum absolute atomic E-state index is 0.0864. The van der Waals surface area contributed by atoms with Crippen LogP contribution < -0.4 is 5.73 Å². The number of halogens is 1. The largest absolute Gasteiger partial charge is 0.466 e. The Hall–Kier alpha value is -1.91. The van der Waals surface area contributed by atoms with Gasteiger partial charge in [0.05, 0.1) is 24.1 Å². The first-order valence-corrected chi connectivity index (χ1v) is 6.33. The van der Waals surface area contributed by atoms with E-state index in [0.29, 0.717) is 30.1 Å². The third-order valence-electron chi connectivity index (χ3n) is 3.56. The van der Waals surface area contributed by atoms with Crippen LogP contribution in [0.1, 0.15) is 32.3 Å². The fraction of sp³-hybridized carbons (Fsp3) is 0.429. The maximum absolute atomic E-state index is 13.4. The summed E-state index contributed by atoms with van der Waals surface area (Å²) in [6, 6.07) is 4.33. The zero-order valence-corrected chi connectivity index (χ0v) is 11.1. The molecule has 1 unspecified atom stereocenters. The van der Waals surface area contributed by atoms with E-state index in [2.05, 4.69) is 4.99 Å². The summed E-state index contributed by atoms with van der Waals surface area (Å²) in [4.78, 5) is 16.0. The molecule has 0 fully saturated rings. The first-order chi connectivity index (χ1) is 9.03. The lowest BCUT2D eigenvalue weighted by atomic mass is 9.75. The molecule has 102 valence electrons. The highest BCUT2D eigenvalue weighted by atomic mass is 19.1. The molecule has 0 radical (unpaired) electrons. The Labute approximate surface area is 111 Å². The lowest BCUT2D eigenvalue weighted by molar-refractivity contribution is -0.144. The second-order valence-electron chi connectivity index (χ2n) is 4.58. The van der Waals surface area contributed by atoms with E-state index in [-0.39, 0.29) is 18.2 Å². The molecular weight excluding hydrogens is 247 g/mol. The molecule has 2 rings (SSSR count). The van der Waals surface area contributed by atoms with Crippen molar-refractivity contribution in [1.82, 2.24) is 0 Å². The number of aliphatic imine (C=N–C) groups is 1. The maximum atomic E-state index is 13.4. The van der Waals surface area contributed by atoms with Crippen molar-refractivity contribution < 1.29 is 13.9 Å². The molecule has 0 saturated heterocycles. The van der Waals surface area contributed by atoms with Crippen molar-refractivity contribution in [3.63, 3.8) is 0 Å². The molecule has 19 heavy (non-hydrogen) atoms. The van der Waals surface area contributed by atoms with Crippen LogP contribution >= 0.6 is 0 Å². The Kier molecular flexibility index (Phi) is 3.55. The molecule has 1 aromatic carbocycles. The summed E-state index contributed by atoms with van der Waals surface area (Å²) >= 11 is 0. The summed E-state index contributed by atoms with van der Waals surface area (Å²) in [6.07, 6.45) is 0.653. The highest BCUT2D eigenvalue weighted by Gasteiger charge is 2.43. The third-order valence-corrected chi connectivity index (χ3v) is 3.56. The van der Waals surface area contributed by atoms with Gasteiger partial charge >= 0.3 is 5.97 Å². The second kappa shape index (κ2) is 4.99. The van der Waals surface area contributed by atoms with Gasteiger partial charge in [-0.25, -0.2) is 9.38 Å². The zero-order chi connectivity index (χ0) is 14.0. The van der Waals surface area contributed by atoms with E-state index < -0.39 is 5.41 Å². The summed E-state index contributed by atoms with van der Waals surface area (Å²) < 4.78 is 18.4. The highest BCUT2D eigenvalue weighted by Crippen LogP contribution is 2.44. The Morgan fingerprint density at radius 3 is 2.84 bits per heavy atom. The van der Waals surface area contributed by atoms with Gasteiger partial charge in [0.2, 0.25) is 0 Å². The van der Waals surface area contributed by atoms with E-state index in [1.54, 1.807) is 13.0 Å². The minimum atomic E-state index is -0.746. The van der Waals surface area contributed by atoms with Crippen molar-refractivity contribution in [3.05, 3.63) is 29.6 Å². The Bertz CT molecular complexity index is 542. The number of hydrogen-bond donors (Lipinski definition) is 1. The van der Waals surface area contributed by atoms with E-state index in [0.717, 1.165) is 0 Å². The molecule has 1 atom stereocenters. The van der Waals surface area contributed by atoms with Gasteiger partial charge < -0.3 is 10.5 Å². The Morgan fingerprint density at radius 1 is 1.47 bits per heavy atom. The molecule has 0 bridgehead atoms. The number of carbonyl (C=O) groups excluding carboxylic acids is 1. The van der Waals surface area contributed by atoms with Gasteiger partial charge in [0.25, 0.3) is 0 Å². The van der Waals surface area contributed by atoms with Crippen molar-refractivity contribution in [2.24, 2.45) is 10.7 Å². The molecule has 0 spiro atoms. The number of ether oxygens (including phenoxy) is 1. The number of amidine groups is 1. The highest BCUT2D eigenvalue weighted by molar-refractivity contribution is 6.01. The van der Waals surface area contributed by atoms with Gasteiger partial charge in [0.1, 0.15) is 11.7 Å². The average Bonchev–Trinajstić information content (AvgIpc) is 2.63. The second-order valence-corrected chi connectivity index (χ2v) is 4.58. The van der Waals surface area contributed by atoms with Crippen LogP contribution in [0.5, 0.6) is 0 Å². The van der Waals surface area contributed by atoms with Crippen LogP contribution in [0.25, 0.3) is 0 Å². The van der Waals surface area contributed by atoms with Crippen LogP contribution in [0, 0.1) is 5.82 Å². The third kappa shape index (κ3) is 2.20. The van der Waals surface area contributed by atoms with Crippen molar-refractivity contribution in [3.8, 4) is 0 Å². The quantitative estimate of drug-likeness (QED) is 0.849. The number of hydrogen-bond acceptors (Lipinski definition) is 4. The number of nitrogens with zero attached hydrogens (tertiary/aromatic N) is 1. The lowest BCUT2D eigenvalue weighted by Gasteiger charge is -2.28. The molecule has 4 nitrogen and oxygen atoms in total. The summed E-state index contributed by atoms with van der Waals surface area (Å²) in [5.74, 6) is -0.353. The molecule has 0 saturated carbocycles. The SMILES string of the molecule is CCOC(=O)CC1(CC)C(N)=Nc2ccc(F)cc21. The number of nitrogens with two attached hydrogens (primary N) is 1. The van der Waals surface area contributed by atoms with Crippen molar-refractivity contribution in [2.45, 2.75) is 32.1 Å². The predicted molar refractivity (Wildman–Crippen MR) is 70.9 cm³/mol. The smallest absolute Gasteiger partial charge is 0.307 e. The topological polar surface area (TPSA) is 64.7 Å². The van der Waals surface area contributed by atoms with E-state index >= 15 is 0 Å². The van der Waals surface area contributed by atoms with Crippen LogP contribution in [0.2, 0.25) is 0 Å². The summed E-state index contributed by atoms with van der Waals surface area (Å²) in [5, 5.41) is 0. The molecule has 5 heteroatoms. The minimum Gasteiger partial charge on any atom is -0.466 e. The summed E-state index contributed by atoms with van der Waals surface area (Å²) in [5.41, 5.74) is 6.54. The van der Waals surface area contributed by atoms with Gasteiger partial charge in [-0.3, -0.25) is 4.79 Å². The van der Waals surface area contributed by atoms with E-state index in [1.807, 2.05) is 6.92 Å². The molecule has 1 aliphatic rings. The van der Waals surface area contributed by atoms with Crippen LogP contribution in [0.4, 0.5) is 10.1 Å². The molecular formula is C14H17FN2O2. The molecule has 2 N–H and O–H groups in total. The predicted octanol–water partition coefficient (Wildman–Crippen LogP) is 2.43. The monoisotopic (exact) mass is 264 g/mol. The van der Waals surface area contributed by atoms with Gasteiger partial charge in [-0.1, -0.05) is 6.92 Å². The fourth-order valence-corrected chi connectivity index (χ4v) is 2.50. The normalized spacial score (nSPS) is 20.9. The van der Waals surface area contributed by atoms with Gasteiger partial charge in [0.15, 0.2) is 0 Å². The number of benzene rings is 1. The Balaban J connectivity index is 2.43. The van der Waals surface area contributed by atoms with Crippen LogP contribution in [-0.4, -0.2) is 18.4 Å². The van der Waals surface area contributed by atoms with E-state index in [4.69, 9.17) is 10.5 Å². The van der Waals surface area contributed by atoms with Crippen molar-refractivity contribution in [1.29, 1.82) is 0 Å². The van der Waals surface area contributed by atoms with Crippen LogP contribution in [-0.2, 0) is 14.9 Å². The molecule has 0 aliphatic carbocycles. The van der Waals surface area contributed by atoms with Gasteiger partial charge in [0, 0.05) is 0 Å². The van der Waals surface area contributed by atoms with Gasteiger partial charge in [-0.2, -0.15) is 0 Å². The van der Waals surface area contributed by atoms with Crippen LogP contribution in [0.3, 0.4) is 0 Å². The lowest BCUT2D eigenvalue weighted by Crippen LogP contribution is -2.40. The number of fused-ring (bicyclic) bond motifs is 1. The molecule has 0 aromatic heterocycles. The Morgan fingerprint density at radius 2 is 2.21 bits per heavy atom. The van der Waals surface area contributed by atoms with Crippen LogP contribution in [0.15, 0.2) is 23.2 Å². The molecule has 1 aromatic rings.